The van der Waals surface area contributed by atoms with Crippen LogP contribution in [0.15, 0.2) is 66.0 Å². The first-order valence-electron chi connectivity index (χ1n) is 7.74. The maximum Gasteiger partial charge on any atom is 0.234 e. The summed E-state index contributed by atoms with van der Waals surface area (Å²) in [6.45, 7) is 0. The second kappa shape index (κ2) is 6.23. The minimum absolute atomic E-state index is 0.236. The molecule has 0 saturated carbocycles. The van der Waals surface area contributed by atoms with Gasteiger partial charge in [0.05, 0.1) is 10.4 Å². The minimum Gasteiger partial charge on any atom is -0.284 e. The molecule has 0 aliphatic heterocycles. The van der Waals surface area contributed by atoms with Gasteiger partial charge in [-0.3, -0.25) is 4.57 Å². The number of halogens is 1. The highest BCUT2D eigenvalue weighted by molar-refractivity contribution is 7.91. The SMILES string of the molecule is CS(=O)(=O)c1cn(-c2ncc(-c3ccccc3Cl)cn2)c2c[c]ccc12. The molecule has 7 heteroatoms. The zero-order valence-corrected chi connectivity index (χ0v) is 15.3. The first kappa shape index (κ1) is 16.8. The highest BCUT2D eigenvalue weighted by Crippen LogP contribution is 2.29. The zero-order valence-electron chi connectivity index (χ0n) is 13.7. The van der Waals surface area contributed by atoms with Crippen LogP contribution in [0.1, 0.15) is 0 Å². The monoisotopic (exact) mass is 382 g/mol. The summed E-state index contributed by atoms with van der Waals surface area (Å²) >= 11 is 6.22. The van der Waals surface area contributed by atoms with Crippen molar-refractivity contribution in [1.29, 1.82) is 0 Å². The number of fused-ring (bicyclic) bond motifs is 1. The van der Waals surface area contributed by atoms with Gasteiger partial charge in [-0.15, -0.1) is 0 Å². The van der Waals surface area contributed by atoms with Crippen molar-refractivity contribution in [3.63, 3.8) is 0 Å². The molecule has 2 heterocycles. The third kappa shape index (κ3) is 2.87. The molecule has 4 aromatic rings. The summed E-state index contributed by atoms with van der Waals surface area (Å²) in [6, 6.07) is 15.5. The lowest BCUT2D eigenvalue weighted by Gasteiger charge is -2.06. The number of rotatable bonds is 3. The van der Waals surface area contributed by atoms with Gasteiger partial charge >= 0.3 is 0 Å². The van der Waals surface area contributed by atoms with E-state index in [1.165, 1.54) is 6.26 Å². The molecule has 4 rings (SSSR count). The maximum absolute atomic E-state index is 12.1. The lowest BCUT2D eigenvalue weighted by molar-refractivity contribution is 0.602. The van der Waals surface area contributed by atoms with E-state index >= 15 is 0 Å². The average Bonchev–Trinajstić information content (AvgIpc) is 3.02. The highest BCUT2D eigenvalue weighted by atomic mass is 35.5. The van der Waals surface area contributed by atoms with Crippen LogP contribution in [-0.2, 0) is 9.84 Å². The van der Waals surface area contributed by atoms with Gasteiger partial charge in [0.15, 0.2) is 9.84 Å². The number of nitrogens with zero attached hydrogens (tertiary/aromatic N) is 3. The first-order chi connectivity index (χ1) is 12.4. The summed E-state index contributed by atoms with van der Waals surface area (Å²) in [6.07, 6.45) is 6.06. The summed E-state index contributed by atoms with van der Waals surface area (Å²) in [5.41, 5.74) is 2.30. The van der Waals surface area contributed by atoms with Crippen molar-refractivity contribution >= 4 is 32.3 Å². The summed E-state index contributed by atoms with van der Waals surface area (Å²) in [5.74, 6) is 0.375. The smallest absolute Gasteiger partial charge is 0.234 e. The predicted molar refractivity (Wildman–Crippen MR) is 101 cm³/mol. The molecule has 0 bridgehead atoms. The van der Waals surface area contributed by atoms with Gasteiger partial charge in [0.25, 0.3) is 0 Å². The molecule has 0 N–H and O–H groups in total. The van der Waals surface area contributed by atoms with Gasteiger partial charge in [-0.1, -0.05) is 41.9 Å². The van der Waals surface area contributed by atoms with Crippen molar-refractivity contribution in [2.75, 3.05) is 6.26 Å². The van der Waals surface area contributed by atoms with Gasteiger partial charge in [0.2, 0.25) is 5.95 Å². The van der Waals surface area contributed by atoms with Crippen LogP contribution in [0.4, 0.5) is 0 Å². The lowest BCUT2D eigenvalue weighted by atomic mass is 10.1. The fraction of sp³-hybridized carbons (Fsp3) is 0.0526. The second-order valence-electron chi connectivity index (χ2n) is 5.83. The van der Waals surface area contributed by atoms with E-state index in [2.05, 4.69) is 16.0 Å². The molecule has 0 aliphatic carbocycles. The van der Waals surface area contributed by atoms with Crippen molar-refractivity contribution in [2.24, 2.45) is 0 Å². The quantitative estimate of drug-likeness (QED) is 0.538. The minimum atomic E-state index is -3.38. The first-order valence-corrected chi connectivity index (χ1v) is 10.0. The Labute approximate surface area is 155 Å². The summed E-state index contributed by atoms with van der Waals surface area (Å²) in [5, 5.41) is 1.23. The molecule has 5 nitrogen and oxygen atoms in total. The Morgan fingerprint density at radius 1 is 1.12 bits per heavy atom. The van der Waals surface area contributed by atoms with E-state index in [0.717, 1.165) is 11.1 Å². The Balaban J connectivity index is 1.86. The van der Waals surface area contributed by atoms with Crippen molar-refractivity contribution in [2.45, 2.75) is 4.90 Å². The molecule has 0 fully saturated rings. The molecule has 2 aromatic carbocycles. The Hall–Kier alpha value is -2.70. The van der Waals surface area contributed by atoms with Gasteiger partial charge in [-0.05, 0) is 18.2 Å². The number of hydrogen-bond acceptors (Lipinski definition) is 4. The van der Waals surface area contributed by atoms with Crippen molar-refractivity contribution in [1.82, 2.24) is 14.5 Å². The standard InChI is InChI=1S/C19H13ClN3O2S/c1-26(24,25)18-12-23(17-9-5-3-7-15(17)18)19-21-10-13(11-22-19)14-6-2-4-8-16(14)20/h2-4,6-12H,1H3. The second-order valence-corrected chi connectivity index (χ2v) is 8.22. The topological polar surface area (TPSA) is 64.8 Å². The van der Waals surface area contributed by atoms with Crippen LogP contribution in [0.2, 0.25) is 5.02 Å². The molecule has 26 heavy (non-hydrogen) atoms. The van der Waals surface area contributed by atoms with Gasteiger partial charge < -0.3 is 0 Å². The van der Waals surface area contributed by atoms with Gasteiger partial charge in [0, 0.05) is 46.4 Å². The maximum atomic E-state index is 12.1. The molecule has 0 saturated heterocycles. The van der Waals surface area contributed by atoms with E-state index in [1.54, 1.807) is 47.4 Å². The molecule has 0 spiro atoms. The van der Waals surface area contributed by atoms with Crippen LogP contribution >= 0.6 is 11.6 Å². The third-order valence-corrected chi connectivity index (χ3v) is 5.51. The summed E-state index contributed by atoms with van der Waals surface area (Å²) < 4.78 is 25.8. The molecule has 2 aromatic heterocycles. The van der Waals surface area contributed by atoms with E-state index in [-0.39, 0.29) is 4.90 Å². The van der Waals surface area contributed by atoms with Crippen molar-refractivity contribution < 1.29 is 8.42 Å². The number of benzene rings is 2. The molecule has 129 valence electrons. The molecule has 0 atom stereocenters. The average molecular weight is 383 g/mol. The Kier molecular flexibility index (Phi) is 4.01. The van der Waals surface area contributed by atoms with E-state index in [1.807, 2.05) is 18.2 Å². The molecular weight excluding hydrogens is 370 g/mol. The number of aromatic nitrogens is 3. The molecule has 0 aliphatic rings. The van der Waals surface area contributed by atoms with E-state index in [9.17, 15) is 8.42 Å². The zero-order chi connectivity index (χ0) is 18.3. The Morgan fingerprint density at radius 3 is 2.54 bits per heavy atom. The van der Waals surface area contributed by atoms with Gasteiger partial charge in [-0.2, -0.15) is 0 Å². The van der Waals surface area contributed by atoms with Crippen LogP contribution in [-0.4, -0.2) is 29.2 Å². The fourth-order valence-electron chi connectivity index (χ4n) is 2.83. The van der Waals surface area contributed by atoms with Crippen molar-refractivity contribution in [3.05, 3.63) is 72.1 Å². The number of hydrogen-bond donors (Lipinski definition) is 0. The van der Waals surface area contributed by atoms with Crippen LogP contribution in [0.3, 0.4) is 0 Å². The van der Waals surface area contributed by atoms with Crippen LogP contribution in [0.5, 0.6) is 0 Å². The number of sulfone groups is 1. The van der Waals surface area contributed by atoms with Gasteiger partial charge in [-0.25, -0.2) is 18.4 Å². The molecular formula is C19H13ClN3O2S. The Bertz CT molecular complexity index is 1220. The molecule has 0 amide bonds. The third-order valence-electron chi connectivity index (χ3n) is 4.05. The summed E-state index contributed by atoms with van der Waals surface area (Å²) in [7, 11) is -3.38. The van der Waals surface area contributed by atoms with Crippen molar-refractivity contribution in [3.8, 4) is 17.1 Å². The van der Waals surface area contributed by atoms with Gasteiger partial charge in [0.1, 0.15) is 0 Å². The van der Waals surface area contributed by atoms with E-state index in [0.29, 0.717) is 21.9 Å². The fourth-order valence-corrected chi connectivity index (χ4v) is 3.94. The summed E-state index contributed by atoms with van der Waals surface area (Å²) in [4.78, 5) is 9.03. The van der Waals surface area contributed by atoms with Crippen LogP contribution in [0.25, 0.3) is 28.0 Å². The largest absolute Gasteiger partial charge is 0.284 e. The normalized spacial score (nSPS) is 11.8. The van der Waals surface area contributed by atoms with Crippen LogP contribution in [0, 0.1) is 6.07 Å². The predicted octanol–water partition coefficient (Wildman–Crippen LogP) is 3.94. The lowest BCUT2D eigenvalue weighted by Crippen LogP contribution is -2.00. The van der Waals surface area contributed by atoms with Crippen LogP contribution < -0.4 is 0 Å². The Morgan fingerprint density at radius 2 is 1.85 bits per heavy atom. The molecule has 0 unspecified atom stereocenters. The molecule has 1 radical (unpaired) electrons. The van der Waals surface area contributed by atoms with E-state index in [4.69, 9.17) is 11.6 Å². The highest BCUT2D eigenvalue weighted by Gasteiger charge is 2.18. The van der Waals surface area contributed by atoms with E-state index < -0.39 is 9.84 Å².